The van der Waals surface area contributed by atoms with Crippen LogP contribution in [0, 0.1) is 6.92 Å². The zero-order valence-electron chi connectivity index (χ0n) is 20.8. The summed E-state index contributed by atoms with van der Waals surface area (Å²) < 4.78 is 5.57. The Morgan fingerprint density at radius 1 is 0.971 bits per heavy atom. The summed E-state index contributed by atoms with van der Waals surface area (Å²) in [6, 6.07) is 21.5. The number of ether oxygens (including phenoxy) is 1. The second kappa shape index (κ2) is 9.41. The van der Waals surface area contributed by atoms with E-state index < -0.39 is 17.7 Å². The van der Waals surface area contributed by atoms with E-state index in [1.165, 1.54) is 4.90 Å². The van der Waals surface area contributed by atoms with Gasteiger partial charge in [-0.15, -0.1) is 0 Å². The van der Waals surface area contributed by atoms with Crippen molar-refractivity contribution in [2.45, 2.75) is 46.1 Å². The van der Waals surface area contributed by atoms with Crippen LogP contribution in [0.5, 0.6) is 5.75 Å². The molecule has 0 bridgehead atoms. The van der Waals surface area contributed by atoms with Crippen molar-refractivity contribution < 1.29 is 19.4 Å². The third kappa shape index (κ3) is 4.59. The smallest absolute Gasteiger partial charge is 0.300 e. The third-order valence-corrected chi connectivity index (χ3v) is 6.34. The van der Waals surface area contributed by atoms with Gasteiger partial charge in [0, 0.05) is 11.3 Å². The number of hydrogen-bond donors (Lipinski definition) is 1. The lowest BCUT2D eigenvalue weighted by Crippen LogP contribution is -2.29. The van der Waals surface area contributed by atoms with Crippen molar-refractivity contribution in [3.63, 3.8) is 0 Å². The first-order valence-electron chi connectivity index (χ1n) is 11.8. The fourth-order valence-corrected chi connectivity index (χ4v) is 4.40. The molecule has 5 heteroatoms. The lowest BCUT2D eigenvalue weighted by Gasteiger charge is -2.26. The Hall–Kier alpha value is -3.86. The van der Waals surface area contributed by atoms with Crippen LogP contribution in [0.4, 0.5) is 5.69 Å². The van der Waals surface area contributed by atoms with Crippen LogP contribution in [0.15, 0.2) is 78.4 Å². The van der Waals surface area contributed by atoms with Gasteiger partial charge in [0.05, 0.1) is 18.2 Å². The maximum absolute atomic E-state index is 13.4. The first-order chi connectivity index (χ1) is 16.6. The van der Waals surface area contributed by atoms with Gasteiger partial charge >= 0.3 is 0 Å². The number of aliphatic hydroxyl groups excluding tert-OH is 1. The molecule has 4 rings (SSSR count). The lowest BCUT2D eigenvalue weighted by atomic mass is 9.84. The number of para-hydroxylation sites is 1. The Morgan fingerprint density at radius 3 is 2.23 bits per heavy atom. The fourth-order valence-electron chi connectivity index (χ4n) is 4.40. The van der Waals surface area contributed by atoms with E-state index in [0.717, 1.165) is 11.1 Å². The Kier molecular flexibility index (Phi) is 6.53. The third-order valence-electron chi connectivity index (χ3n) is 6.34. The highest BCUT2D eigenvalue weighted by Crippen LogP contribution is 2.43. The first kappa shape index (κ1) is 24.3. The SMILES string of the molecule is CCOc1ccc(C2/C(=C(\O)c3cc(C(C)(C)C)ccc3C)C(=O)C(=O)N2c2ccccc2)cc1. The van der Waals surface area contributed by atoms with E-state index in [4.69, 9.17) is 4.74 Å². The van der Waals surface area contributed by atoms with Gasteiger partial charge in [-0.25, -0.2) is 0 Å². The summed E-state index contributed by atoms with van der Waals surface area (Å²) in [6.07, 6.45) is 0. The number of aliphatic hydroxyl groups is 1. The standard InChI is InChI=1S/C30H31NO4/c1-6-35-23-16-13-20(14-17-23)26-25(28(33)29(34)31(26)22-10-8-7-9-11-22)27(32)24-18-21(30(3,4)5)15-12-19(24)2/h7-18,26,32H,6H2,1-5H3/b27-25+. The van der Waals surface area contributed by atoms with Crippen molar-refractivity contribution in [3.05, 3.63) is 101 Å². The number of rotatable bonds is 5. The second-order valence-electron chi connectivity index (χ2n) is 9.79. The van der Waals surface area contributed by atoms with E-state index in [2.05, 4.69) is 20.8 Å². The molecule has 0 saturated carbocycles. The van der Waals surface area contributed by atoms with Gasteiger partial charge in [-0.3, -0.25) is 14.5 Å². The number of carbonyl (C=O) groups excluding carboxylic acids is 2. The number of hydrogen-bond acceptors (Lipinski definition) is 4. The molecule has 0 spiro atoms. The zero-order chi connectivity index (χ0) is 25.3. The van der Waals surface area contributed by atoms with E-state index in [1.54, 1.807) is 12.1 Å². The van der Waals surface area contributed by atoms with Crippen molar-refractivity contribution in [3.8, 4) is 5.75 Å². The predicted octanol–water partition coefficient (Wildman–Crippen LogP) is 6.32. The Morgan fingerprint density at radius 2 is 1.63 bits per heavy atom. The van der Waals surface area contributed by atoms with Gasteiger partial charge < -0.3 is 9.84 Å². The largest absolute Gasteiger partial charge is 0.507 e. The summed E-state index contributed by atoms with van der Waals surface area (Å²) in [6.45, 7) is 10.6. The molecule has 35 heavy (non-hydrogen) atoms. The maximum Gasteiger partial charge on any atom is 0.300 e. The molecule has 1 saturated heterocycles. The van der Waals surface area contributed by atoms with Crippen LogP contribution in [0.1, 0.15) is 56.0 Å². The number of Topliss-reactive ketones (excluding diaryl/α,β-unsaturated/α-hetero) is 1. The highest BCUT2D eigenvalue weighted by molar-refractivity contribution is 6.51. The van der Waals surface area contributed by atoms with E-state index in [0.29, 0.717) is 29.2 Å². The highest BCUT2D eigenvalue weighted by atomic mass is 16.5. The summed E-state index contributed by atoms with van der Waals surface area (Å²) in [7, 11) is 0. The topological polar surface area (TPSA) is 66.8 Å². The molecule has 1 atom stereocenters. The molecule has 1 amide bonds. The van der Waals surface area contributed by atoms with E-state index in [9.17, 15) is 14.7 Å². The maximum atomic E-state index is 13.4. The van der Waals surface area contributed by atoms with Crippen molar-refractivity contribution in [2.24, 2.45) is 0 Å². The minimum Gasteiger partial charge on any atom is -0.507 e. The Bertz CT molecular complexity index is 1280. The Balaban J connectivity index is 1.94. The van der Waals surface area contributed by atoms with E-state index >= 15 is 0 Å². The average Bonchev–Trinajstić information content (AvgIpc) is 3.10. The zero-order valence-corrected chi connectivity index (χ0v) is 20.8. The van der Waals surface area contributed by atoms with Crippen LogP contribution >= 0.6 is 0 Å². The fraction of sp³-hybridized carbons (Fsp3) is 0.267. The van der Waals surface area contributed by atoms with Gasteiger partial charge in [-0.2, -0.15) is 0 Å². The van der Waals surface area contributed by atoms with Gasteiger partial charge in [-0.05, 0) is 66.3 Å². The van der Waals surface area contributed by atoms with Crippen molar-refractivity contribution >= 4 is 23.1 Å². The second-order valence-corrected chi connectivity index (χ2v) is 9.79. The minimum absolute atomic E-state index is 0.0807. The normalized spacial score (nSPS) is 17.6. The summed E-state index contributed by atoms with van der Waals surface area (Å²) in [5.41, 5.74) is 3.64. The molecule has 0 aromatic heterocycles. The van der Waals surface area contributed by atoms with Crippen LogP contribution in [0.25, 0.3) is 5.76 Å². The molecule has 3 aromatic rings. The monoisotopic (exact) mass is 469 g/mol. The molecule has 0 radical (unpaired) electrons. The summed E-state index contributed by atoms with van der Waals surface area (Å²) in [5, 5.41) is 11.6. The minimum atomic E-state index is -0.772. The number of aryl methyl sites for hydroxylation is 1. The van der Waals surface area contributed by atoms with Gasteiger partial charge in [0.1, 0.15) is 11.5 Å². The molecule has 1 N–H and O–H groups in total. The highest BCUT2D eigenvalue weighted by Gasteiger charge is 2.47. The van der Waals surface area contributed by atoms with Crippen LogP contribution < -0.4 is 9.64 Å². The first-order valence-corrected chi connectivity index (χ1v) is 11.8. The predicted molar refractivity (Wildman–Crippen MR) is 139 cm³/mol. The van der Waals surface area contributed by atoms with Crippen LogP contribution in [-0.2, 0) is 15.0 Å². The molecule has 1 fully saturated rings. The molecular weight excluding hydrogens is 438 g/mol. The number of benzene rings is 3. The molecule has 1 aliphatic heterocycles. The number of carbonyl (C=O) groups is 2. The van der Waals surface area contributed by atoms with Crippen LogP contribution in [0.2, 0.25) is 0 Å². The molecule has 1 unspecified atom stereocenters. The van der Waals surface area contributed by atoms with Gasteiger partial charge in [-0.1, -0.05) is 63.2 Å². The van der Waals surface area contributed by atoms with Crippen LogP contribution in [-0.4, -0.2) is 23.4 Å². The molecule has 0 aliphatic carbocycles. The summed E-state index contributed by atoms with van der Waals surface area (Å²) in [5.74, 6) is -0.835. The van der Waals surface area contributed by atoms with Gasteiger partial charge in [0.25, 0.3) is 11.7 Å². The Labute approximate surface area is 206 Å². The average molecular weight is 470 g/mol. The number of anilines is 1. The summed E-state index contributed by atoms with van der Waals surface area (Å²) >= 11 is 0. The molecule has 180 valence electrons. The molecular formula is C30H31NO4. The molecule has 1 heterocycles. The van der Waals surface area contributed by atoms with E-state index in [-0.39, 0.29) is 16.7 Å². The van der Waals surface area contributed by atoms with Gasteiger partial charge in [0.2, 0.25) is 0 Å². The van der Waals surface area contributed by atoms with Crippen molar-refractivity contribution in [1.29, 1.82) is 0 Å². The van der Waals surface area contributed by atoms with E-state index in [1.807, 2.05) is 74.5 Å². The number of ketones is 1. The molecule has 5 nitrogen and oxygen atoms in total. The molecule has 3 aromatic carbocycles. The number of nitrogens with zero attached hydrogens (tertiary/aromatic N) is 1. The van der Waals surface area contributed by atoms with Crippen LogP contribution in [0.3, 0.4) is 0 Å². The molecule has 1 aliphatic rings. The lowest BCUT2D eigenvalue weighted by molar-refractivity contribution is -0.132. The number of amides is 1. The summed E-state index contributed by atoms with van der Waals surface area (Å²) in [4.78, 5) is 28.2. The quantitative estimate of drug-likeness (QED) is 0.270. The van der Waals surface area contributed by atoms with Crippen molar-refractivity contribution in [1.82, 2.24) is 0 Å². The van der Waals surface area contributed by atoms with Gasteiger partial charge in [0.15, 0.2) is 0 Å². The van der Waals surface area contributed by atoms with Crippen molar-refractivity contribution in [2.75, 3.05) is 11.5 Å².